The van der Waals surface area contributed by atoms with Gasteiger partial charge in [-0.05, 0) is 47.9 Å². The normalized spacial score (nSPS) is 10.4. The van der Waals surface area contributed by atoms with E-state index in [9.17, 15) is 0 Å². The first kappa shape index (κ1) is 19.4. The predicted octanol–water partition coefficient (Wildman–Crippen LogP) is 4.73. The molecule has 0 N–H and O–H groups in total. The van der Waals surface area contributed by atoms with Crippen LogP contribution in [0.4, 0.5) is 5.82 Å². The van der Waals surface area contributed by atoms with Crippen LogP contribution >= 0.6 is 0 Å². The molecule has 0 spiro atoms. The Morgan fingerprint density at radius 2 is 1.32 bits per heavy atom. The van der Waals surface area contributed by atoms with Gasteiger partial charge in [0, 0.05) is 13.1 Å². The number of benzene rings is 2. The number of anilines is 1. The van der Waals surface area contributed by atoms with Crippen LogP contribution in [0.25, 0.3) is 5.57 Å². The monoisotopic (exact) mass is 375 g/mol. The Morgan fingerprint density at radius 3 is 1.68 bits per heavy atom. The summed E-state index contributed by atoms with van der Waals surface area (Å²) in [5.41, 5.74) is 4.04. The Bertz CT molecular complexity index is 855. The molecule has 5 heteroatoms. The van der Waals surface area contributed by atoms with Gasteiger partial charge in [-0.15, -0.1) is 0 Å². The maximum Gasteiger partial charge on any atom is 0.147 e. The van der Waals surface area contributed by atoms with Gasteiger partial charge in [0.1, 0.15) is 17.3 Å². The van der Waals surface area contributed by atoms with Crippen molar-refractivity contribution in [3.8, 4) is 11.5 Å². The van der Waals surface area contributed by atoms with Crippen LogP contribution in [0.1, 0.15) is 23.7 Å². The lowest BCUT2D eigenvalue weighted by Gasteiger charge is -2.24. The minimum atomic E-state index is 0.705. The van der Waals surface area contributed by atoms with Crippen molar-refractivity contribution in [1.29, 1.82) is 0 Å². The average Bonchev–Trinajstić information content (AvgIpc) is 2.74. The lowest BCUT2D eigenvalue weighted by molar-refractivity contribution is 0.414. The van der Waals surface area contributed by atoms with Crippen molar-refractivity contribution < 1.29 is 9.47 Å². The van der Waals surface area contributed by atoms with Gasteiger partial charge in [-0.25, -0.2) is 4.98 Å². The number of rotatable bonds is 8. The molecule has 2 aromatic carbocycles. The molecular formula is C23H25N3O2. The smallest absolute Gasteiger partial charge is 0.147 e. The van der Waals surface area contributed by atoms with E-state index in [2.05, 4.69) is 45.7 Å². The van der Waals surface area contributed by atoms with Gasteiger partial charge < -0.3 is 14.4 Å². The van der Waals surface area contributed by atoms with E-state index in [4.69, 9.17) is 9.47 Å². The summed E-state index contributed by atoms with van der Waals surface area (Å²) in [4.78, 5) is 11.3. The van der Waals surface area contributed by atoms with Gasteiger partial charge in [-0.1, -0.05) is 30.8 Å². The highest BCUT2D eigenvalue weighted by molar-refractivity contribution is 5.57. The molecule has 3 rings (SSSR count). The summed E-state index contributed by atoms with van der Waals surface area (Å²) < 4.78 is 10.5. The first-order chi connectivity index (χ1) is 13.6. The van der Waals surface area contributed by atoms with Crippen LogP contribution in [0.5, 0.6) is 11.5 Å². The minimum Gasteiger partial charge on any atom is -0.497 e. The molecule has 0 saturated heterocycles. The zero-order valence-electron chi connectivity index (χ0n) is 16.6. The van der Waals surface area contributed by atoms with Gasteiger partial charge in [0.05, 0.1) is 32.3 Å². The van der Waals surface area contributed by atoms with Crippen LogP contribution in [-0.2, 0) is 13.1 Å². The average molecular weight is 375 g/mol. The molecule has 0 saturated carbocycles. The second-order valence-corrected chi connectivity index (χ2v) is 6.59. The summed E-state index contributed by atoms with van der Waals surface area (Å²) in [5.74, 6) is 2.50. The molecule has 0 unspecified atom stereocenters. The molecule has 0 aliphatic heterocycles. The number of allylic oxidation sites excluding steroid dienone is 1. The topological polar surface area (TPSA) is 47.5 Å². The first-order valence-electron chi connectivity index (χ1n) is 9.08. The van der Waals surface area contributed by atoms with E-state index in [0.717, 1.165) is 28.6 Å². The fourth-order valence-corrected chi connectivity index (χ4v) is 2.83. The van der Waals surface area contributed by atoms with Gasteiger partial charge >= 0.3 is 0 Å². The molecule has 0 aliphatic carbocycles. The van der Waals surface area contributed by atoms with Gasteiger partial charge in [0.2, 0.25) is 0 Å². The van der Waals surface area contributed by atoms with E-state index in [1.807, 2.05) is 31.2 Å². The Balaban J connectivity index is 1.85. The van der Waals surface area contributed by atoms with E-state index in [-0.39, 0.29) is 0 Å². The summed E-state index contributed by atoms with van der Waals surface area (Å²) >= 11 is 0. The lowest BCUT2D eigenvalue weighted by Crippen LogP contribution is -2.23. The molecule has 0 bridgehead atoms. The molecule has 28 heavy (non-hydrogen) atoms. The molecule has 0 aliphatic rings. The van der Waals surface area contributed by atoms with Crippen LogP contribution < -0.4 is 14.4 Å². The van der Waals surface area contributed by atoms with Gasteiger partial charge in [-0.3, -0.25) is 4.98 Å². The standard InChI is InChI=1S/C23H25N3O2/c1-17(2)22-13-25-23(14-24-22)26(15-18-5-9-20(27-3)10-6-18)16-19-7-11-21(28-4)12-8-19/h5-14H,1,15-16H2,2-4H3. The van der Waals surface area contributed by atoms with Crippen molar-refractivity contribution in [3.05, 3.63) is 84.3 Å². The van der Waals surface area contributed by atoms with Crippen molar-refractivity contribution in [2.24, 2.45) is 0 Å². The number of methoxy groups -OCH3 is 2. The van der Waals surface area contributed by atoms with Crippen LogP contribution in [0, 0.1) is 0 Å². The van der Waals surface area contributed by atoms with E-state index in [1.54, 1.807) is 26.6 Å². The predicted molar refractivity (Wildman–Crippen MR) is 113 cm³/mol. The Kier molecular flexibility index (Phi) is 6.27. The minimum absolute atomic E-state index is 0.705. The highest BCUT2D eigenvalue weighted by atomic mass is 16.5. The molecule has 1 heterocycles. The quantitative estimate of drug-likeness (QED) is 0.569. The summed E-state index contributed by atoms with van der Waals surface area (Å²) in [5, 5.41) is 0. The van der Waals surface area contributed by atoms with Crippen molar-refractivity contribution in [3.63, 3.8) is 0 Å². The number of hydrogen-bond donors (Lipinski definition) is 0. The second kappa shape index (κ2) is 9.04. The maximum atomic E-state index is 5.26. The summed E-state index contributed by atoms with van der Waals surface area (Å²) in [6.07, 6.45) is 3.57. The Hall–Kier alpha value is -3.34. The molecule has 1 aromatic heterocycles. The molecular weight excluding hydrogens is 350 g/mol. The van der Waals surface area contributed by atoms with Crippen LogP contribution in [0.15, 0.2) is 67.5 Å². The van der Waals surface area contributed by atoms with Crippen LogP contribution in [0.2, 0.25) is 0 Å². The third-order valence-electron chi connectivity index (χ3n) is 4.46. The summed E-state index contributed by atoms with van der Waals surface area (Å²) in [7, 11) is 3.34. The van der Waals surface area contributed by atoms with E-state index in [1.165, 1.54) is 11.1 Å². The second-order valence-electron chi connectivity index (χ2n) is 6.59. The van der Waals surface area contributed by atoms with Crippen LogP contribution in [0.3, 0.4) is 0 Å². The molecule has 144 valence electrons. The SMILES string of the molecule is C=C(C)c1cnc(N(Cc2ccc(OC)cc2)Cc2ccc(OC)cc2)cn1. The molecule has 3 aromatic rings. The number of aromatic nitrogens is 2. The largest absolute Gasteiger partial charge is 0.497 e. The fraction of sp³-hybridized carbons (Fsp3) is 0.217. The van der Waals surface area contributed by atoms with E-state index < -0.39 is 0 Å². The zero-order chi connectivity index (χ0) is 19.9. The Labute approximate surface area is 166 Å². The summed E-state index contributed by atoms with van der Waals surface area (Å²) in [6, 6.07) is 16.1. The molecule has 5 nitrogen and oxygen atoms in total. The number of hydrogen-bond acceptors (Lipinski definition) is 5. The molecule has 0 radical (unpaired) electrons. The van der Waals surface area contributed by atoms with E-state index in [0.29, 0.717) is 13.1 Å². The summed E-state index contributed by atoms with van der Waals surface area (Å²) in [6.45, 7) is 7.27. The molecule has 0 amide bonds. The van der Waals surface area contributed by atoms with Crippen molar-refractivity contribution in [1.82, 2.24) is 9.97 Å². The number of ether oxygens (including phenoxy) is 2. The Morgan fingerprint density at radius 1 is 0.821 bits per heavy atom. The van der Waals surface area contributed by atoms with Gasteiger partial charge in [-0.2, -0.15) is 0 Å². The van der Waals surface area contributed by atoms with Crippen molar-refractivity contribution >= 4 is 11.4 Å². The van der Waals surface area contributed by atoms with E-state index >= 15 is 0 Å². The fourth-order valence-electron chi connectivity index (χ4n) is 2.83. The first-order valence-corrected chi connectivity index (χ1v) is 9.08. The van der Waals surface area contributed by atoms with Gasteiger partial charge in [0.15, 0.2) is 0 Å². The lowest BCUT2D eigenvalue weighted by atomic mass is 10.1. The number of nitrogens with zero attached hydrogens (tertiary/aromatic N) is 3. The highest BCUT2D eigenvalue weighted by Gasteiger charge is 2.11. The van der Waals surface area contributed by atoms with Gasteiger partial charge in [0.25, 0.3) is 0 Å². The third-order valence-corrected chi connectivity index (χ3v) is 4.46. The molecule has 0 atom stereocenters. The highest BCUT2D eigenvalue weighted by Crippen LogP contribution is 2.21. The molecule has 0 fully saturated rings. The zero-order valence-corrected chi connectivity index (χ0v) is 16.6. The van der Waals surface area contributed by atoms with Crippen LogP contribution in [-0.4, -0.2) is 24.2 Å². The maximum absolute atomic E-state index is 5.26. The van der Waals surface area contributed by atoms with Crippen molar-refractivity contribution in [2.75, 3.05) is 19.1 Å². The van der Waals surface area contributed by atoms with Crippen molar-refractivity contribution in [2.45, 2.75) is 20.0 Å². The third kappa shape index (κ3) is 4.88.